The molecule has 0 radical (unpaired) electrons. The second-order valence-corrected chi connectivity index (χ2v) is 6.30. The molecule has 1 amide bonds. The monoisotopic (exact) mass is 326 g/mol. The van der Waals surface area contributed by atoms with Gasteiger partial charge in [0, 0.05) is 17.8 Å². The fourth-order valence-corrected chi connectivity index (χ4v) is 2.66. The van der Waals surface area contributed by atoms with Gasteiger partial charge in [0.2, 0.25) is 5.91 Å². The van der Waals surface area contributed by atoms with E-state index in [4.69, 9.17) is 0 Å². The van der Waals surface area contributed by atoms with Crippen molar-refractivity contribution in [2.24, 2.45) is 0 Å². The first-order valence-corrected chi connectivity index (χ1v) is 7.58. The fraction of sp³-hybridized carbons (Fsp3) is 0.357. The smallest absolute Gasteiger partial charge is 0.237 e. The van der Waals surface area contributed by atoms with Crippen LogP contribution in [0.4, 0.5) is 14.5 Å². The van der Waals surface area contributed by atoms with Gasteiger partial charge in [-0.1, -0.05) is 11.8 Å². The van der Waals surface area contributed by atoms with Gasteiger partial charge in [-0.15, -0.1) is 10.2 Å². The Hall–Kier alpha value is -1.96. The third-order valence-corrected chi connectivity index (χ3v) is 4.01. The van der Waals surface area contributed by atoms with E-state index in [9.17, 15) is 13.6 Å². The Bertz CT molecular complexity index is 675. The van der Waals surface area contributed by atoms with Crippen molar-refractivity contribution in [3.05, 3.63) is 36.2 Å². The van der Waals surface area contributed by atoms with E-state index in [2.05, 4.69) is 15.5 Å². The minimum atomic E-state index is -1.00. The molecule has 1 N–H and O–H groups in total. The highest BCUT2D eigenvalue weighted by Gasteiger charge is 2.19. The summed E-state index contributed by atoms with van der Waals surface area (Å²) in [6, 6.07) is 3.41. The van der Waals surface area contributed by atoms with Crippen molar-refractivity contribution < 1.29 is 13.6 Å². The number of carbonyl (C=O) groups is 1. The first kappa shape index (κ1) is 16.4. The second kappa shape index (κ2) is 6.87. The molecule has 1 heterocycles. The summed E-state index contributed by atoms with van der Waals surface area (Å²) in [5.74, 6) is -2.28. The molecule has 0 fully saturated rings. The second-order valence-electron chi connectivity index (χ2n) is 4.99. The largest absolute Gasteiger partial charge is 0.325 e. The quantitative estimate of drug-likeness (QED) is 0.857. The molecule has 2 aromatic rings. The van der Waals surface area contributed by atoms with Gasteiger partial charge >= 0.3 is 0 Å². The average molecular weight is 326 g/mol. The van der Waals surface area contributed by atoms with Gasteiger partial charge in [-0.3, -0.25) is 4.79 Å². The number of anilines is 1. The van der Waals surface area contributed by atoms with Crippen LogP contribution >= 0.6 is 11.8 Å². The van der Waals surface area contributed by atoms with Crippen LogP contribution in [-0.2, 0) is 4.79 Å². The van der Waals surface area contributed by atoms with Crippen LogP contribution < -0.4 is 5.32 Å². The van der Waals surface area contributed by atoms with E-state index in [1.165, 1.54) is 17.8 Å². The number of nitrogens with one attached hydrogen (secondary N) is 1. The molecular formula is C14H16F2N4OS. The SMILES string of the molecule is CC(C)n1cnnc1S[C@H](C)C(=O)Nc1ccc(F)c(F)c1. The standard InChI is InChI=1S/C14H16F2N4OS/c1-8(2)20-7-17-19-14(20)22-9(3)13(21)18-10-4-5-11(15)12(16)6-10/h4-9H,1-3H3,(H,18,21)/t9-/m1/s1. The van der Waals surface area contributed by atoms with Gasteiger partial charge in [0.25, 0.3) is 0 Å². The molecule has 0 aliphatic heterocycles. The number of benzene rings is 1. The maximum absolute atomic E-state index is 13.1. The average Bonchev–Trinajstić information content (AvgIpc) is 2.91. The van der Waals surface area contributed by atoms with Crippen molar-refractivity contribution in [1.82, 2.24) is 14.8 Å². The molecule has 0 bridgehead atoms. The molecule has 118 valence electrons. The van der Waals surface area contributed by atoms with Crippen molar-refractivity contribution in [2.75, 3.05) is 5.32 Å². The van der Waals surface area contributed by atoms with Crippen LogP contribution in [0.15, 0.2) is 29.7 Å². The Morgan fingerprint density at radius 2 is 2.00 bits per heavy atom. The maximum atomic E-state index is 13.1. The van der Waals surface area contributed by atoms with E-state index >= 15 is 0 Å². The number of hydrogen-bond donors (Lipinski definition) is 1. The van der Waals surface area contributed by atoms with Crippen molar-refractivity contribution in [1.29, 1.82) is 0 Å². The zero-order valence-corrected chi connectivity index (χ0v) is 13.2. The highest BCUT2D eigenvalue weighted by Crippen LogP contribution is 2.24. The van der Waals surface area contributed by atoms with Gasteiger partial charge in [-0.2, -0.15) is 0 Å². The van der Waals surface area contributed by atoms with Crippen molar-refractivity contribution in [3.63, 3.8) is 0 Å². The summed E-state index contributed by atoms with van der Waals surface area (Å²) in [7, 11) is 0. The van der Waals surface area contributed by atoms with E-state index in [1.54, 1.807) is 13.3 Å². The van der Waals surface area contributed by atoms with Gasteiger partial charge in [-0.25, -0.2) is 8.78 Å². The van der Waals surface area contributed by atoms with Crippen molar-refractivity contribution in [2.45, 2.75) is 37.2 Å². The van der Waals surface area contributed by atoms with E-state index in [1.807, 2.05) is 18.4 Å². The molecule has 1 atom stereocenters. The summed E-state index contributed by atoms with van der Waals surface area (Å²) in [6.45, 7) is 5.68. The summed E-state index contributed by atoms with van der Waals surface area (Å²) < 4.78 is 27.8. The lowest BCUT2D eigenvalue weighted by atomic mass is 10.3. The lowest BCUT2D eigenvalue weighted by molar-refractivity contribution is -0.115. The Labute approximate surface area is 131 Å². The molecule has 1 aromatic carbocycles. The summed E-state index contributed by atoms with van der Waals surface area (Å²) in [4.78, 5) is 12.1. The molecule has 0 aliphatic carbocycles. The lowest BCUT2D eigenvalue weighted by Crippen LogP contribution is -2.23. The molecular weight excluding hydrogens is 310 g/mol. The zero-order valence-electron chi connectivity index (χ0n) is 12.4. The lowest BCUT2D eigenvalue weighted by Gasteiger charge is -2.14. The van der Waals surface area contributed by atoms with Crippen LogP contribution in [0.3, 0.4) is 0 Å². The zero-order chi connectivity index (χ0) is 16.3. The highest BCUT2D eigenvalue weighted by atomic mass is 32.2. The first-order chi connectivity index (χ1) is 10.4. The Morgan fingerprint density at radius 3 is 2.64 bits per heavy atom. The predicted molar refractivity (Wildman–Crippen MR) is 80.7 cm³/mol. The molecule has 2 rings (SSSR count). The molecule has 22 heavy (non-hydrogen) atoms. The van der Waals surface area contributed by atoms with Gasteiger partial charge in [0.05, 0.1) is 5.25 Å². The molecule has 1 aromatic heterocycles. The Balaban J connectivity index is 2.02. The van der Waals surface area contributed by atoms with E-state index in [0.29, 0.717) is 5.16 Å². The van der Waals surface area contributed by atoms with Crippen molar-refractivity contribution in [3.8, 4) is 0 Å². The van der Waals surface area contributed by atoms with E-state index in [-0.39, 0.29) is 17.6 Å². The summed E-state index contributed by atoms with van der Waals surface area (Å²) in [5, 5.41) is 10.5. The third kappa shape index (κ3) is 3.82. The van der Waals surface area contributed by atoms with Crippen LogP contribution in [0.2, 0.25) is 0 Å². The maximum Gasteiger partial charge on any atom is 0.237 e. The minimum Gasteiger partial charge on any atom is -0.325 e. The van der Waals surface area contributed by atoms with Crippen LogP contribution in [0.5, 0.6) is 0 Å². The third-order valence-electron chi connectivity index (χ3n) is 2.94. The number of thioether (sulfide) groups is 1. The minimum absolute atomic E-state index is 0.180. The molecule has 0 saturated carbocycles. The molecule has 0 aliphatic rings. The van der Waals surface area contributed by atoms with Crippen LogP contribution in [0, 0.1) is 11.6 Å². The first-order valence-electron chi connectivity index (χ1n) is 6.70. The number of aromatic nitrogens is 3. The topological polar surface area (TPSA) is 59.8 Å². The molecule has 8 heteroatoms. The number of halogens is 2. The highest BCUT2D eigenvalue weighted by molar-refractivity contribution is 8.00. The van der Waals surface area contributed by atoms with E-state index in [0.717, 1.165) is 12.1 Å². The Kier molecular flexibility index (Phi) is 5.12. The van der Waals surface area contributed by atoms with Crippen LogP contribution in [0.25, 0.3) is 0 Å². The van der Waals surface area contributed by atoms with Crippen molar-refractivity contribution >= 4 is 23.4 Å². The number of hydrogen-bond acceptors (Lipinski definition) is 4. The van der Waals surface area contributed by atoms with Gasteiger partial charge in [0.1, 0.15) is 6.33 Å². The van der Waals surface area contributed by atoms with Gasteiger partial charge in [-0.05, 0) is 32.9 Å². The predicted octanol–water partition coefficient (Wildman–Crippen LogP) is 3.26. The molecule has 0 unspecified atom stereocenters. The summed E-state index contributed by atoms with van der Waals surface area (Å²) in [5.41, 5.74) is 0.210. The summed E-state index contributed by atoms with van der Waals surface area (Å²) >= 11 is 1.25. The summed E-state index contributed by atoms with van der Waals surface area (Å²) in [6.07, 6.45) is 1.60. The molecule has 0 saturated heterocycles. The van der Waals surface area contributed by atoms with Gasteiger partial charge < -0.3 is 9.88 Å². The number of rotatable bonds is 5. The number of amides is 1. The number of nitrogens with zero attached hydrogens (tertiary/aromatic N) is 3. The molecule has 5 nitrogen and oxygen atoms in total. The van der Waals surface area contributed by atoms with Gasteiger partial charge in [0.15, 0.2) is 16.8 Å². The number of carbonyl (C=O) groups excluding carboxylic acids is 1. The fourth-order valence-electron chi connectivity index (χ4n) is 1.70. The Morgan fingerprint density at radius 1 is 1.27 bits per heavy atom. The van der Waals surface area contributed by atoms with Crippen LogP contribution in [0.1, 0.15) is 26.8 Å². The molecule has 0 spiro atoms. The van der Waals surface area contributed by atoms with Crippen LogP contribution in [-0.4, -0.2) is 25.9 Å². The van der Waals surface area contributed by atoms with E-state index < -0.39 is 16.9 Å². The normalized spacial score (nSPS) is 12.5.